The van der Waals surface area contributed by atoms with Crippen LogP contribution >= 0.6 is 0 Å². The minimum Gasteiger partial charge on any atom is -0.476 e. The molecule has 2 aromatic carbocycles. The van der Waals surface area contributed by atoms with Crippen LogP contribution < -0.4 is 14.5 Å². The molecule has 166 valence electrons. The summed E-state index contributed by atoms with van der Waals surface area (Å²) >= 11 is 0. The van der Waals surface area contributed by atoms with E-state index in [1.54, 1.807) is 28.0 Å². The van der Waals surface area contributed by atoms with E-state index in [-0.39, 0.29) is 24.3 Å². The van der Waals surface area contributed by atoms with Gasteiger partial charge in [-0.25, -0.2) is 0 Å². The highest BCUT2D eigenvalue weighted by Gasteiger charge is 2.36. The summed E-state index contributed by atoms with van der Waals surface area (Å²) in [6.07, 6.45) is 3.86. The Hall–Kier alpha value is -3.35. The first-order valence-electron chi connectivity index (χ1n) is 11.4. The highest BCUT2D eigenvalue weighted by atomic mass is 16.5. The Bertz CT molecular complexity index is 1030. The molecule has 0 aromatic heterocycles. The van der Waals surface area contributed by atoms with Gasteiger partial charge in [-0.3, -0.25) is 14.4 Å². The number of anilines is 2. The second-order valence-electron chi connectivity index (χ2n) is 8.57. The van der Waals surface area contributed by atoms with E-state index in [1.165, 1.54) is 0 Å². The number of fused-ring (bicyclic) bond motifs is 1. The second-order valence-corrected chi connectivity index (χ2v) is 8.57. The quantitative estimate of drug-likeness (QED) is 0.745. The number of para-hydroxylation sites is 2. The number of amides is 3. The number of hydrogen-bond donors (Lipinski definition) is 0. The number of carbonyl (C=O) groups excluding carboxylic acids is 3. The third-order valence-electron chi connectivity index (χ3n) is 6.46. The van der Waals surface area contributed by atoms with Crippen LogP contribution in [0.25, 0.3) is 0 Å². The number of benzene rings is 2. The van der Waals surface area contributed by atoms with Crippen molar-refractivity contribution in [2.24, 2.45) is 0 Å². The smallest absolute Gasteiger partial charge is 0.265 e. The molecule has 1 atom stereocenters. The molecule has 3 aliphatic heterocycles. The molecule has 0 spiro atoms. The minimum absolute atomic E-state index is 0.0557. The zero-order valence-electron chi connectivity index (χ0n) is 18.0. The van der Waals surface area contributed by atoms with Gasteiger partial charge in [0, 0.05) is 37.3 Å². The molecule has 0 radical (unpaired) electrons. The van der Waals surface area contributed by atoms with Crippen molar-refractivity contribution in [2.45, 2.75) is 38.2 Å². The summed E-state index contributed by atoms with van der Waals surface area (Å²) in [7, 11) is 0. The van der Waals surface area contributed by atoms with Gasteiger partial charge >= 0.3 is 0 Å². The topological polar surface area (TPSA) is 70.2 Å². The van der Waals surface area contributed by atoms with Gasteiger partial charge in [-0.15, -0.1) is 0 Å². The molecule has 3 heterocycles. The molecule has 0 N–H and O–H groups in total. The molecule has 7 nitrogen and oxygen atoms in total. The van der Waals surface area contributed by atoms with E-state index >= 15 is 0 Å². The molecule has 0 bridgehead atoms. The summed E-state index contributed by atoms with van der Waals surface area (Å²) in [6, 6.07) is 14.5. The third-order valence-corrected chi connectivity index (χ3v) is 6.46. The van der Waals surface area contributed by atoms with Crippen molar-refractivity contribution in [1.29, 1.82) is 0 Å². The van der Waals surface area contributed by atoms with E-state index in [9.17, 15) is 14.4 Å². The fourth-order valence-electron chi connectivity index (χ4n) is 4.73. The maximum Gasteiger partial charge on any atom is 0.265 e. The van der Waals surface area contributed by atoms with Crippen LogP contribution in [-0.4, -0.2) is 54.9 Å². The van der Waals surface area contributed by atoms with E-state index in [2.05, 4.69) is 0 Å². The first kappa shape index (κ1) is 20.5. The number of rotatable bonds is 3. The van der Waals surface area contributed by atoms with Gasteiger partial charge in [0.15, 0.2) is 6.10 Å². The number of ether oxygens (including phenoxy) is 1. The van der Waals surface area contributed by atoms with Crippen LogP contribution in [0.5, 0.6) is 5.75 Å². The monoisotopic (exact) mass is 433 g/mol. The second kappa shape index (κ2) is 8.65. The molecule has 3 aliphatic rings. The average Bonchev–Trinajstić information content (AvgIpc) is 3.29. The molecule has 3 amide bonds. The van der Waals surface area contributed by atoms with Crippen molar-refractivity contribution in [3.63, 3.8) is 0 Å². The summed E-state index contributed by atoms with van der Waals surface area (Å²) in [4.78, 5) is 43.8. The fourth-order valence-corrected chi connectivity index (χ4v) is 4.73. The Morgan fingerprint density at radius 2 is 1.62 bits per heavy atom. The minimum atomic E-state index is -0.714. The van der Waals surface area contributed by atoms with E-state index in [1.807, 2.05) is 35.2 Å². The van der Waals surface area contributed by atoms with Crippen LogP contribution in [-0.2, 0) is 9.59 Å². The summed E-state index contributed by atoms with van der Waals surface area (Å²) in [6.45, 7) is 2.37. The van der Waals surface area contributed by atoms with Crippen molar-refractivity contribution in [2.75, 3.05) is 36.0 Å². The van der Waals surface area contributed by atoms with Crippen molar-refractivity contribution in [1.82, 2.24) is 4.90 Å². The maximum atomic E-state index is 13.5. The molecule has 2 saturated heterocycles. The van der Waals surface area contributed by atoms with Gasteiger partial charge in [0.1, 0.15) is 5.75 Å². The molecule has 1 unspecified atom stereocenters. The van der Waals surface area contributed by atoms with Gasteiger partial charge < -0.3 is 19.4 Å². The average molecular weight is 434 g/mol. The summed E-state index contributed by atoms with van der Waals surface area (Å²) < 4.78 is 6.03. The normalized spacial score (nSPS) is 20.7. The highest BCUT2D eigenvalue weighted by molar-refractivity contribution is 6.08. The van der Waals surface area contributed by atoms with E-state index in [0.717, 1.165) is 44.5 Å². The summed E-state index contributed by atoms with van der Waals surface area (Å²) in [5.41, 5.74) is 1.99. The number of carbonyl (C=O) groups is 3. The first-order valence-corrected chi connectivity index (χ1v) is 11.4. The SMILES string of the molecule is O=C(C1CN(C(=O)c2ccc(N3CCCC3=O)cc2)c2ccccc2O1)N1CCCCC1. The molecule has 7 heteroatoms. The van der Waals surface area contributed by atoms with E-state index in [0.29, 0.717) is 30.0 Å². The van der Waals surface area contributed by atoms with Gasteiger partial charge in [0.25, 0.3) is 11.8 Å². The molecule has 32 heavy (non-hydrogen) atoms. The molecule has 0 aliphatic carbocycles. The van der Waals surface area contributed by atoms with Crippen LogP contribution in [0, 0.1) is 0 Å². The molecule has 2 aromatic rings. The Morgan fingerprint density at radius 1 is 0.875 bits per heavy atom. The van der Waals surface area contributed by atoms with E-state index in [4.69, 9.17) is 4.74 Å². The molecule has 0 saturated carbocycles. The Balaban J connectivity index is 1.39. The largest absolute Gasteiger partial charge is 0.476 e. The summed E-state index contributed by atoms with van der Waals surface area (Å²) in [5, 5.41) is 0. The standard InChI is InChI=1S/C25H27N3O4/c29-23-9-6-16-27(23)19-12-10-18(11-13-19)24(30)28-17-22(25(31)26-14-4-1-5-15-26)32-21-8-3-2-7-20(21)28/h2-3,7-8,10-13,22H,1,4-6,9,14-17H2. The van der Waals surface area contributed by atoms with Crippen molar-refractivity contribution in [3.05, 3.63) is 54.1 Å². The zero-order chi connectivity index (χ0) is 22.1. The van der Waals surface area contributed by atoms with Crippen LogP contribution in [0.3, 0.4) is 0 Å². The molecule has 5 rings (SSSR count). The predicted molar refractivity (Wildman–Crippen MR) is 121 cm³/mol. The lowest BCUT2D eigenvalue weighted by atomic mass is 10.1. The molecular weight excluding hydrogens is 406 g/mol. The van der Waals surface area contributed by atoms with Crippen molar-refractivity contribution < 1.29 is 19.1 Å². The van der Waals surface area contributed by atoms with Crippen molar-refractivity contribution >= 4 is 29.1 Å². The van der Waals surface area contributed by atoms with Gasteiger partial charge in [0.05, 0.1) is 12.2 Å². The Morgan fingerprint density at radius 3 is 2.34 bits per heavy atom. The van der Waals surface area contributed by atoms with Crippen LogP contribution in [0.1, 0.15) is 42.5 Å². The van der Waals surface area contributed by atoms with E-state index < -0.39 is 6.10 Å². The number of piperidine rings is 1. The van der Waals surface area contributed by atoms with Crippen LogP contribution in [0.4, 0.5) is 11.4 Å². The lowest BCUT2D eigenvalue weighted by molar-refractivity contribution is -0.139. The van der Waals surface area contributed by atoms with Gasteiger partial charge in [-0.05, 0) is 62.1 Å². The zero-order valence-corrected chi connectivity index (χ0v) is 18.0. The van der Waals surface area contributed by atoms with Gasteiger partial charge in [-0.1, -0.05) is 12.1 Å². The third kappa shape index (κ3) is 3.83. The van der Waals surface area contributed by atoms with Crippen LogP contribution in [0.2, 0.25) is 0 Å². The molecule has 2 fully saturated rings. The lowest BCUT2D eigenvalue weighted by Crippen LogP contribution is -2.52. The predicted octanol–water partition coefficient (Wildman–Crippen LogP) is 3.23. The van der Waals surface area contributed by atoms with Crippen molar-refractivity contribution in [3.8, 4) is 5.75 Å². The molecular formula is C25H27N3O4. The Kier molecular flexibility index (Phi) is 5.55. The number of nitrogens with zero attached hydrogens (tertiary/aromatic N) is 3. The first-order chi connectivity index (χ1) is 15.6. The number of likely N-dealkylation sites (tertiary alicyclic amines) is 1. The fraction of sp³-hybridized carbons (Fsp3) is 0.400. The maximum absolute atomic E-state index is 13.5. The Labute approximate surface area is 187 Å². The van der Waals surface area contributed by atoms with Gasteiger partial charge in [0.2, 0.25) is 5.91 Å². The van der Waals surface area contributed by atoms with Gasteiger partial charge in [-0.2, -0.15) is 0 Å². The lowest BCUT2D eigenvalue weighted by Gasteiger charge is -2.37. The number of hydrogen-bond acceptors (Lipinski definition) is 4. The highest BCUT2D eigenvalue weighted by Crippen LogP contribution is 2.35. The summed E-state index contributed by atoms with van der Waals surface area (Å²) in [5.74, 6) is 0.420. The van der Waals surface area contributed by atoms with Crippen LogP contribution in [0.15, 0.2) is 48.5 Å².